The maximum absolute atomic E-state index is 11.3. The highest BCUT2D eigenvalue weighted by Gasteiger charge is 2.05. The Bertz CT molecular complexity index is 342. The van der Waals surface area contributed by atoms with Crippen LogP contribution >= 0.6 is 31.9 Å². The third-order valence-corrected chi connectivity index (χ3v) is 2.58. The number of anilines is 1. The molecule has 1 aromatic rings. The van der Waals surface area contributed by atoms with Crippen molar-refractivity contribution in [3.8, 4) is 0 Å². The molecular formula is C9H10Br2N2O. The number of halogens is 2. The Balaban J connectivity index is 2.72. The fraction of sp³-hybridized carbons (Fsp3) is 0.333. The average molecular weight is 322 g/mol. The predicted molar refractivity (Wildman–Crippen MR) is 63.2 cm³/mol. The standard InChI is InChI=1S/C9H10Br2N2O/c1-2-3-8(14)13-9-7(11)4-6(10)5-12-9/h4-5H,2-3H2,1H3,(H,12,13,14). The van der Waals surface area contributed by atoms with E-state index in [0.29, 0.717) is 12.2 Å². The highest BCUT2D eigenvalue weighted by atomic mass is 79.9. The molecule has 0 saturated heterocycles. The van der Waals surface area contributed by atoms with Gasteiger partial charge in [0.15, 0.2) is 0 Å². The van der Waals surface area contributed by atoms with Crippen LogP contribution in [0.25, 0.3) is 0 Å². The quantitative estimate of drug-likeness (QED) is 0.927. The minimum absolute atomic E-state index is 0.0111. The molecular weight excluding hydrogens is 312 g/mol. The van der Waals surface area contributed by atoms with Crippen molar-refractivity contribution < 1.29 is 4.79 Å². The molecule has 0 aliphatic heterocycles. The molecule has 76 valence electrons. The molecule has 0 atom stereocenters. The molecule has 1 N–H and O–H groups in total. The lowest BCUT2D eigenvalue weighted by molar-refractivity contribution is -0.116. The Labute approximate surface area is 99.6 Å². The van der Waals surface area contributed by atoms with Crippen molar-refractivity contribution in [2.24, 2.45) is 0 Å². The zero-order valence-electron chi connectivity index (χ0n) is 7.68. The van der Waals surface area contributed by atoms with Gasteiger partial charge in [-0.3, -0.25) is 4.79 Å². The molecule has 14 heavy (non-hydrogen) atoms. The van der Waals surface area contributed by atoms with Gasteiger partial charge in [-0.2, -0.15) is 0 Å². The first-order chi connectivity index (χ1) is 6.63. The maximum atomic E-state index is 11.3. The van der Waals surface area contributed by atoms with Gasteiger partial charge in [-0.15, -0.1) is 0 Å². The van der Waals surface area contributed by atoms with E-state index < -0.39 is 0 Å². The molecule has 0 spiro atoms. The summed E-state index contributed by atoms with van der Waals surface area (Å²) >= 11 is 6.61. The third kappa shape index (κ3) is 3.38. The molecule has 0 aliphatic carbocycles. The monoisotopic (exact) mass is 320 g/mol. The molecule has 1 heterocycles. The van der Waals surface area contributed by atoms with Crippen molar-refractivity contribution in [2.45, 2.75) is 19.8 Å². The van der Waals surface area contributed by atoms with Crippen LogP contribution in [0, 0.1) is 0 Å². The fourth-order valence-corrected chi connectivity index (χ4v) is 2.01. The third-order valence-electron chi connectivity index (χ3n) is 1.54. The molecule has 1 rings (SSSR count). The van der Waals surface area contributed by atoms with E-state index in [1.165, 1.54) is 0 Å². The van der Waals surface area contributed by atoms with Gasteiger partial charge in [0.2, 0.25) is 5.91 Å². The number of nitrogens with zero attached hydrogens (tertiary/aromatic N) is 1. The number of amides is 1. The molecule has 1 amide bonds. The number of hydrogen-bond acceptors (Lipinski definition) is 2. The van der Waals surface area contributed by atoms with E-state index in [4.69, 9.17) is 0 Å². The lowest BCUT2D eigenvalue weighted by Gasteiger charge is -2.05. The van der Waals surface area contributed by atoms with E-state index in [9.17, 15) is 4.79 Å². The van der Waals surface area contributed by atoms with Crippen LogP contribution in [0.5, 0.6) is 0 Å². The van der Waals surface area contributed by atoms with Crippen molar-refractivity contribution >= 4 is 43.6 Å². The molecule has 5 heteroatoms. The lowest BCUT2D eigenvalue weighted by Crippen LogP contribution is -2.12. The Morgan fingerprint density at radius 2 is 2.29 bits per heavy atom. The first kappa shape index (κ1) is 11.7. The summed E-state index contributed by atoms with van der Waals surface area (Å²) in [5.74, 6) is 0.551. The van der Waals surface area contributed by atoms with Gasteiger partial charge in [-0.25, -0.2) is 4.98 Å². The Hall–Kier alpha value is -0.420. The highest BCUT2D eigenvalue weighted by molar-refractivity contribution is 9.11. The van der Waals surface area contributed by atoms with E-state index in [1.54, 1.807) is 6.20 Å². The van der Waals surface area contributed by atoms with Crippen molar-refractivity contribution in [1.29, 1.82) is 0 Å². The maximum Gasteiger partial charge on any atom is 0.225 e. The lowest BCUT2D eigenvalue weighted by atomic mass is 10.3. The Morgan fingerprint density at radius 3 is 2.86 bits per heavy atom. The first-order valence-electron chi connectivity index (χ1n) is 4.24. The zero-order chi connectivity index (χ0) is 10.6. The van der Waals surface area contributed by atoms with Gasteiger partial charge >= 0.3 is 0 Å². The van der Waals surface area contributed by atoms with Gasteiger partial charge in [0, 0.05) is 17.1 Å². The van der Waals surface area contributed by atoms with Gasteiger partial charge in [-0.1, -0.05) is 6.92 Å². The van der Waals surface area contributed by atoms with E-state index in [-0.39, 0.29) is 5.91 Å². The second-order valence-corrected chi connectivity index (χ2v) is 4.55. The van der Waals surface area contributed by atoms with E-state index >= 15 is 0 Å². The number of rotatable bonds is 3. The first-order valence-corrected chi connectivity index (χ1v) is 5.83. The average Bonchev–Trinajstić information content (AvgIpc) is 2.10. The summed E-state index contributed by atoms with van der Waals surface area (Å²) in [5, 5.41) is 2.72. The van der Waals surface area contributed by atoms with Crippen molar-refractivity contribution in [1.82, 2.24) is 4.98 Å². The van der Waals surface area contributed by atoms with Crippen LogP contribution in [0.15, 0.2) is 21.2 Å². The van der Waals surface area contributed by atoms with Crippen LogP contribution < -0.4 is 5.32 Å². The van der Waals surface area contributed by atoms with Crippen LogP contribution in [-0.2, 0) is 4.79 Å². The smallest absolute Gasteiger partial charge is 0.225 e. The molecule has 0 bridgehead atoms. The van der Waals surface area contributed by atoms with Crippen LogP contribution in [-0.4, -0.2) is 10.9 Å². The number of hydrogen-bond donors (Lipinski definition) is 1. The molecule has 0 fully saturated rings. The Kier molecular flexibility index (Phi) is 4.54. The van der Waals surface area contributed by atoms with Crippen molar-refractivity contribution in [2.75, 3.05) is 5.32 Å². The van der Waals surface area contributed by atoms with Gasteiger partial charge in [0.1, 0.15) is 5.82 Å². The van der Waals surface area contributed by atoms with Crippen LogP contribution in [0.1, 0.15) is 19.8 Å². The van der Waals surface area contributed by atoms with E-state index in [2.05, 4.69) is 42.2 Å². The normalized spacial score (nSPS) is 9.93. The summed E-state index contributed by atoms with van der Waals surface area (Å²) in [5.41, 5.74) is 0. The highest BCUT2D eigenvalue weighted by Crippen LogP contribution is 2.23. The number of carbonyl (C=O) groups is 1. The second-order valence-electron chi connectivity index (χ2n) is 2.78. The summed E-state index contributed by atoms with van der Waals surface area (Å²) < 4.78 is 1.65. The molecule has 0 radical (unpaired) electrons. The van der Waals surface area contributed by atoms with Crippen molar-refractivity contribution in [3.05, 3.63) is 21.2 Å². The fourth-order valence-electron chi connectivity index (χ4n) is 0.928. The van der Waals surface area contributed by atoms with E-state index in [0.717, 1.165) is 15.4 Å². The van der Waals surface area contributed by atoms with Crippen LogP contribution in [0.2, 0.25) is 0 Å². The predicted octanol–water partition coefficient (Wildman–Crippen LogP) is 3.35. The molecule has 3 nitrogen and oxygen atoms in total. The summed E-state index contributed by atoms with van der Waals surface area (Å²) in [6, 6.07) is 1.84. The largest absolute Gasteiger partial charge is 0.310 e. The summed E-state index contributed by atoms with van der Waals surface area (Å²) in [6.07, 6.45) is 3.00. The minimum atomic E-state index is -0.0111. The van der Waals surface area contributed by atoms with Gasteiger partial charge < -0.3 is 5.32 Å². The summed E-state index contributed by atoms with van der Waals surface area (Å²) in [4.78, 5) is 15.3. The molecule has 0 aliphatic rings. The van der Waals surface area contributed by atoms with E-state index in [1.807, 2.05) is 13.0 Å². The van der Waals surface area contributed by atoms with Gasteiger partial charge in [0.05, 0.1) is 4.47 Å². The van der Waals surface area contributed by atoms with Crippen LogP contribution in [0.3, 0.4) is 0 Å². The molecule has 1 aromatic heterocycles. The number of nitrogens with one attached hydrogen (secondary N) is 1. The van der Waals surface area contributed by atoms with Gasteiger partial charge in [0.25, 0.3) is 0 Å². The summed E-state index contributed by atoms with van der Waals surface area (Å²) in [7, 11) is 0. The Morgan fingerprint density at radius 1 is 1.57 bits per heavy atom. The SMILES string of the molecule is CCCC(=O)Nc1ncc(Br)cc1Br. The topological polar surface area (TPSA) is 42.0 Å². The molecule has 0 aromatic carbocycles. The number of aromatic nitrogens is 1. The van der Waals surface area contributed by atoms with Crippen molar-refractivity contribution in [3.63, 3.8) is 0 Å². The second kappa shape index (κ2) is 5.46. The number of carbonyl (C=O) groups excluding carboxylic acids is 1. The molecule has 0 unspecified atom stereocenters. The van der Waals surface area contributed by atoms with Crippen LogP contribution in [0.4, 0.5) is 5.82 Å². The minimum Gasteiger partial charge on any atom is -0.310 e. The summed E-state index contributed by atoms with van der Waals surface area (Å²) in [6.45, 7) is 1.96. The zero-order valence-corrected chi connectivity index (χ0v) is 10.9. The molecule has 0 saturated carbocycles. The number of pyridine rings is 1. The van der Waals surface area contributed by atoms with Gasteiger partial charge in [-0.05, 0) is 44.3 Å².